The molecule has 2 aliphatic rings. The Hall–Kier alpha value is -1.79. The van der Waals surface area contributed by atoms with E-state index in [1.165, 1.54) is 5.56 Å². The first-order valence-electron chi connectivity index (χ1n) is 10.3. The molecule has 1 aromatic carbocycles. The van der Waals surface area contributed by atoms with E-state index in [9.17, 15) is 9.90 Å². The molecule has 0 spiro atoms. The zero-order valence-electron chi connectivity index (χ0n) is 16.7. The Morgan fingerprint density at radius 3 is 2.52 bits per heavy atom. The van der Waals surface area contributed by atoms with Crippen molar-refractivity contribution in [2.75, 3.05) is 52.9 Å². The van der Waals surface area contributed by atoms with Crippen molar-refractivity contribution in [3.63, 3.8) is 0 Å². The van der Waals surface area contributed by atoms with E-state index in [1.54, 1.807) is 6.07 Å². The van der Waals surface area contributed by atoms with Gasteiger partial charge < -0.3 is 20.2 Å². The third-order valence-electron chi connectivity index (χ3n) is 6.14. The molecular weight excluding hydrogens is 340 g/mol. The molecule has 2 amide bonds. The fourth-order valence-corrected chi connectivity index (χ4v) is 4.23. The second kappa shape index (κ2) is 9.42. The topological polar surface area (TPSA) is 59.1 Å². The van der Waals surface area contributed by atoms with Gasteiger partial charge in [-0.3, -0.25) is 4.90 Å². The van der Waals surface area contributed by atoms with E-state index < -0.39 is 0 Å². The summed E-state index contributed by atoms with van der Waals surface area (Å²) in [6.07, 6.45) is 2.96. The summed E-state index contributed by atoms with van der Waals surface area (Å²) < 4.78 is 0. The lowest BCUT2D eigenvalue weighted by Gasteiger charge is -2.38. The van der Waals surface area contributed by atoms with Crippen LogP contribution in [0.4, 0.5) is 4.79 Å². The number of piperidine rings is 1. The number of hydrogen-bond donors (Lipinski definition) is 2. The van der Waals surface area contributed by atoms with Gasteiger partial charge in [0.1, 0.15) is 5.75 Å². The molecular formula is C21H34N4O2. The number of aromatic hydroxyl groups is 1. The first kappa shape index (κ1) is 20.0. The Labute approximate surface area is 163 Å². The van der Waals surface area contributed by atoms with Gasteiger partial charge in [0.25, 0.3) is 0 Å². The number of likely N-dealkylation sites (N-methyl/N-ethyl adjacent to an activating group) is 1. The van der Waals surface area contributed by atoms with Gasteiger partial charge in [-0.15, -0.1) is 0 Å². The number of likely N-dealkylation sites (tertiary alicyclic amines) is 1. The quantitative estimate of drug-likeness (QED) is 0.830. The van der Waals surface area contributed by atoms with Crippen molar-refractivity contribution in [3.05, 3.63) is 29.8 Å². The molecule has 0 saturated carbocycles. The number of urea groups is 1. The fourth-order valence-electron chi connectivity index (χ4n) is 4.23. The maximum absolute atomic E-state index is 12.6. The highest BCUT2D eigenvalue weighted by atomic mass is 16.3. The normalized spacial score (nSPS) is 21.2. The van der Waals surface area contributed by atoms with E-state index in [0.717, 1.165) is 65.1 Å². The maximum atomic E-state index is 12.6. The van der Waals surface area contributed by atoms with Crippen LogP contribution in [0.3, 0.4) is 0 Å². The monoisotopic (exact) mass is 374 g/mol. The summed E-state index contributed by atoms with van der Waals surface area (Å²) in [7, 11) is 2.17. The van der Waals surface area contributed by atoms with Crippen LogP contribution < -0.4 is 5.32 Å². The first-order valence-corrected chi connectivity index (χ1v) is 10.3. The number of nitrogens with zero attached hydrogens (tertiary/aromatic N) is 3. The van der Waals surface area contributed by atoms with E-state index in [1.807, 2.05) is 17.0 Å². The number of carbonyl (C=O) groups excluding carboxylic acids is 1. The smallest absolute Gasteiger partial charge is 0.317 e. The van der Waals surface area contributed by atoms with Crippen molar-refractivity contribution < 1.29 is 9.90 Å². The number of nitrogens with one attached hydrogen (secondary N) is 1. The molecule has 3 rings (SSSR count). The van der Waals surface area contributed by atoms with Crippen LogP contribution in [0.5, 0.6) is 5.75 Å². The summed E-state index contributed by atoms with van der Waals surface area (Å²) in [5.41, 5.74) is 1.18. The fraction of sp³-hybridized carbons (Fsp3) is 0.667. The molecule has 0 radical (unpaired) electrons. The van der Waals surface area contributed by atoms with E-state index in [0.29, 0.717) is 17.7 Å². The third-order valence-corrected chi connectivity index (χ3v) is 6.14. The van der Waals surface area contributed by atoms with E-state index in [2.05, 4.69) is 35.2 Å². The minimum absolute atomic E-state index is 0.0666. The molecule has 1 aromatic rings. The number of carbonyl (C=O) groups is 1. The minimum Gasteiger partial charge on any atom is -0.508 e. The summed E-state index contributed by atoms with van der Waals surface area (Å²) >= 11 is 0. The van der Waals surface area contributed by atoms with Gasteiger partial charge in [0.05, 0.1) is 0 Å². The molecule has 0 aromatic heterocycles. The molecule has 150 valence electrons. The first-order chi connectivity index (χ1) is 13.1. The van der Waals surface area contributed by atoms with E-state index in [4.69, 9.17) is 0 Å². The number of amides is 2. The Morgan fingerprint density at radius 2 is 1.89 bits per heavy atom. The van der Waals surface area contributed by atoms with Crippen LogP contribution in [0.2, 0.25) is 0 Å². The molecule has 2 aliphatic heterocycles. The second-order valence-electron chi connectivity index (χ2n) is 7.94. The lowest BCUT2D eigenvalue weighted by molar-refractivity contribution is 0.107. The van der Waals surface area contributed by atoms with Gasteiger partial charge >= 0.3 is 6.03 Å². The van der Waals surface area contributed by atoms with Crippen molar-refractivity contribution in [2.24, 2.45) is 0 Å². The van der Waals surface area contributed by atoms with Gasteiger partial charge in [-0.2, -0.15) is 0 Å². The van der Waals surface area contributed by atoms with Crippen molar-refractivity contribution in [2.45, 2.75) is 38.1 Å². The molecule has 6 nitrogen and oxygen atoms in total. The lowest BCUT2D eigenvalue weighted by Crippen LogP contribution is -2.53. The average Bonchev–Trinajstić information content (AvgIpc) is 2.69. The lowest BCUT2D eigenvalue weighted by atomic mass is 9.89. The average molecular weight is 375 g/mol. The van der Waals surface area contributed by atoms with Crippen LogP contribution in [0, 0.1) is 0 Å². The summed E-state index contributed by atoms with van der Waals surface area (Å²) in [4.78, 5) is 19.4. The minimum atomic E-state index is 0.0666. The van der Waals surface area contributed by atoms with Crippen molar-refractivity contribution >= 4 is 6.03 Å². The van der Waals surface area contributed by atoms with Gasteiger partial charge in [0.15, 0.2) is 0 Å². The molecule has 6 heteroatoms. The second-order valence-corrected chi connectivity index (χ2v) is 7.94. The standard InChI is InChI=1S/C21H34N4O2/c1-3-19(24-13-11-23(2)12-14-24)16-22-21(27)25-9-7-17(8-10-25)18-5-4-6-20(26)15-18/h4-6,15,17,19,26H,3,7-14,16H2,1-2H3,(H,22,27)/t19-/m1/s1. The molecule has 0 bridgehead atoms. The van der Waals surface area contributed by atoms with Crippen molar-refractivity contribution in [1.29, 1.82) is 0 Å². The number of phenols is 1. The largest absolute Gasteiger partial charge is 0.508 e. The van der Waals surface area contributed by atoms with Gasteiger partial charge in [-0.25, -0.2) is 4.79 Å². The molecule has 2 N–H and O–H groups in total. The molecule has 0 aliphatic carbocycles. The predicted molar refractivity (Wildman–Crippen MR) is 108 cm³/mol. The number of rotatable bonds is 5. The zero-order chi connectivity index (χ0) is 19.2. The molecule has 1 atom stereocenters. The van der Waals surface area contributed by atoms with Crippen LogP contribution >= 0.6 is 0 Å². The van der Waals surface area contributed by atoms with Crippen LogP contribution in [0.15, 0.2) is 24.3 Å². The van der Waals surface area contributed by atoms with Crippen LogP contribution in [0.25, 0.3) is 0 Å². The highest BCUT2D eigenvalue weighted by Gasteiger charge is 2.26. The third kappa shape index (κ3) is 5.36. The highest BCUT2D eigenvalue weighted by molar-refractivity contribution is 5.74. The maximum Gasteiger partial charge on any atom is 0.317 e. The van der Waals surface area contributed by atoms with Gasteiger partial charge in [-0.1, -0.05) is 19.1 Å². The molecule has 2 heterocycles. The molecule has 2 saturated heterocycles. The van der Waals surface area contributed by atoms with Gasteiger partial charge in [-0.05, 0) is 49.9 Å². The Morgan fingerprint density at radius 1 is 1.19 bits per heavy atom. The van der Waals surface area contributed by atoms with Crippen LogP contribution in [-0.2, 0) is 0 Å². The van der Waals surface area contributed by atoms with Crippen LogP contribution in [-0.4, -0.2) is 84.7 Å². The van der Waals surface area contributed by atoms with Gasteiger partial charge in [0.2, 0.25) is 0 Å². The highest BCUT2D eigenvalue weighted by Crippen LogP contribution is 2.29. The SMILES string of the molecule is CC[C@H](CNC(=O)N1CCC(c2cccc(O)c2)CC1)N1CCN(C)CC1. The summed E-state index contributed by atoms with van der Waals surface area (Å²) in [5, 5.41) is 12.8. The van der Waals surface area contributed by atoms with E-state index >= 15 is 0 Å². The summed E-state index contributed by atoms with van der Waals surface area (Å²) in [6.45, 7) is 8.86. The van der Waals surface area contributed by atoms with Crippen molar-refractivity contribution in [1.82, 2.24) is 20.0 Å². The molecule has 27 heavy (non-hydrogen) atoms. The summed E-state index contributed by atoms with van der Waals surface area (Å²) in [6, 6.07) is 8.01. The number of phenolic OH excluding ortho intramolecular Hbond substituents is 1. The van der Waals surface area contributed by atoms with E-state index in [-0.39, 0.29) is 6.03 Å². The van der Waals surface area contributed by atoms with Gasteiger partial charge in [0, 0.05) is 51.9 Å². The van der Waals surface area contributed by atoms with Crippen LogP contribution in [0.1, 0.15) is 37.7 Å². The Balaban J connectivity index is 1.43. The number of benzene rings is 1. The number of hydrogen-bond acceptors (Lipinski definition) is 4. The summed E-state index contributed by atoms with van der Waals surface area (Å²) in [5.74, 6) is 0.747. The molecule has 0 unspecified atom stereocenters. The molecule has 2 fully saturated rings. The number of piperazine rings is 1. The Bertz CT molecular complexity index is 608. The Kier molecular flexibility index (Phi) is 6.96. The predicted octanol–water partition coefficient (Wildman–Crippen LogP) is 2.31. The van der Waals surface area contributed by atoms with Crippen molar-refractivity contribution in [3.8, 4) is 5.75 Å². The zero-order valence-corrected chi connectivity index (χ0v) is 16.7.